The van der Waals surface area contributed by atoms with Gasteiger partial charge in [0.25, 0.3) is 11.5 Å². The number of halogens is 1. The molecule has 5 aromatic rings. The van der Waals surface area contributed by atoms with E-state index < -0.39 is 17.3 Å². The molecule has 6 heteroatoms. The highest BCUT2D eigenvalue weighted by Gasteiger charge is 2.24. The van der Waals surface area contributed by atoms with Gasteiger partial charge in [-0.3, -0.25) is 14.2 Å². The van der Waals surface area contributed by atoms with E-state index in [0.29, 0.717) is 28.8 Å². The lowest BCUT2D eigenvalue weighted by atomic mass is 10.1. The van der Waals surface area contributed by atoms with Crippen LogP contribution >= 0.6 is 0 Å². The van der Waals surface area contributed by atoms with E-state index in [1.54, 1.807) is 47.5 Å². The quantitative estimate of drug-likeness (QED) is 0.337. The van der Waals surface area contributed by atoms with Crippen LogP contribution in [0.5, 0.6) is 0 Å². The zero-order valence-corrected chi connectivity index (χ0v) is 18.8. The van der Waals surface area contributed by atoms with Crippen LogP contribution in [0.15, 0.2) is 114 Å². The van der Waals surface area contributed by atoms with Crippen LogP contribution < -0.4 is 10.5 Å². The monoisotopic (exact) mass is 463 g/mol. The summed E-state index contributed by atoms with van der Waals surface area (Å²) in [6.45, 7) is 0.256. The Labute approximate surface area is 201 Å². The summed E-state index contributed by atoms with van der Waals surface area (Å²) in [7, 11) is 0. The van der Waals surface area contributed by atoms with E-state index in [0.717, 1.165) is 5.56 Å². The Kier molecular flexibility index (Phi) is 6.18. The summed E-state index contributed by atoms with van der Waals surface area (Å²) in [5, 5.41) is 0.625. The Bertz CT molecular complexity index is 1550. The summed E-state index contributed by atoms with van der Waals surface area (Å²) < 4.78 is 15.8. The van der Waals surface area contributed by atoms with Crippen LogP contribution in [0.25, 0.3) is 11.0 Å². The van der Waals surface area contributed by atoms with Crippen LogP contribution in [0.2, 0.25) is 0 Å². The van der Waals surface area contributed by atoms with Crippen molar-refractivity contribution in [1.82, 2.24) is 9.55 Å². The third kappa shape index (κ3) is 4.59. The minimum absolute atomic E-state index is 0.00150. The molecule has 0 unspecified atom stereocenters. The SMILES string of the molecule is O=C(c1cc2cccnc2n(Cc2ccccc2F)c1=O)N(Cc1ccccc1)c1ccccc1. The summed E-state index contributed by atoms with van der Waals surface area (Å²) in [6.07, 6.45) is 1.58. The predicted octanol–water partition coefficient (Wildman–Crippen LogP) is 5.43. The number of carbonyl (C=O) groups excluding carboxylic acids is 1. The second kappa shape index (κ2) is 9.73. The Morgan fingerprint density at radius 1 is 0.857 bits per heavy atom. The van der Waals surface area contributed by atoms with Crippen LogP contribution in [0.4, 0.5) is 10.1 Å². The smallest absolute Gasteiger partial charge is 0.265 e. The lowest BCUT2D eigenvalue weighted by Gasteiger charge is -2.23. The Balaban J connectivity index is 1.64. The number of fused-ring (bicyclic) bond motifs is 1. The molecular formula is C29H22FN3O2. The van der Waals surface area contributed by atoms with E-state index in [9.17, 15) is 14.0 Å². The van der Waals surface area contributed by atoms with E-state index in [1.165, 1.54) is 10.6 Å². The first-order valence-corrected chi connectivity index (χ1v) is 11.2. The summed E-state index contributed by atoms with van der Waals surface area (Å²) in [6, 6.07) is 30.2. The fourth-order valence-corrected chi connectivity index (χ4v) is 4.10. The van der Waals surface area contributed by atoms with Gasteiger partial charge in [-0.05, 0) is 42.0 Å². The predicted molar refractivity (Wildman–Crippen MR) is 135 cm³/mol. The summed E-state index contributed by atoms with van der Waals surface area (Å²) in [5.41, 5.74) is 1.83. The molecule has 0 saturated carbocycles. The Morgan fingerprint density at radius 2 is 1.54 bits per heavy atom. The number of rotatable bonds is 6. The highest BCUT2D eigenvalue weighted by Crippen LogP contribution is 2.21. The summed E-state index contributed by atoms with van der Waals surface area (Å²) >= 11 is 0. The van der Waals surface area contributed by atoms with Crippen LogP contribution in [-0.4, -0.2) is 15.5 Å². The molecule has 1 amide bonds. The van der Waals surface area contributed by atoms with Gasteiger partial charge in [-0.2, -0.15) is 0 Å². The maximum Gasteiger partial charge on any atom is 0.265 e. The normalized spacial score (nSPS) is 10.9. The van der Waals surface area contributed by atoms with Gasteiger partial charge in [0.1, 0.15) is 17.0 Å². The standard InChI is InChI=1S/C29H22FN3O2/c30-26-16-8-7-12-23(26)20-33-27-22(13-9-17-31-27)18-25(29(33)35)28(34)32(24-14-5-2-6-15-24)19-21-10-3-1-4-11-21/h1-18H,19-20H2. The third-order valence-corrected chi connectivity index (χ3v) is 5.86. The maximum atomic E-state index is 14.4. The molecule has 5 rings (SSSR count). The number of amides is 1. The van der Waals surface area contributed by atoms with Crippen molar-refractivity contribution >= 4 is 22.6 Å². The molecule has 2 heterocycles. The highest BCUT2D eigenvalue weighted by molar-refractivity contribution is 6.07. The maximum absolute atomic E-state index is 14.4. The molecule has 0 radical (unpaired) electrons. The minimum atomic E-state index is -0.515. The molecule has 0 bridgehead atoms. The molecule has 0 fully saturated rings. The lowest BCUT2D eigenvalue weighted by Crippen LogP contribution is -2.37. The first-order valence-electron chi connectivity index (χ1n) is 11.2. The summed E-state index contributed by atoms with van der Waals surface area (Å²) in [4.78, 5) is 33.5. The lowest BCUT2D eigenvalue weighted by molar-refractivity contribution is 0.0983. The van der Waals surface area contributed by atoms with Crippen molar-refractivity contribution in [2.24, 2.45) is 0 Å². The first kappa shape index (κ1) is 22.2. The molecule has 0 aliphatic heterocycles. The van der Waals surface area contributed by atoms with Crippen molar-refractivity contribution in [3.63, 3.8) is 0 Å². The Hall–Kier alpha value is -4.58. The molecule has 35 heavy (non-hydrogen) atoms. The Morgan fingerprint density at radius 3 is 2.29 bits per heavy atom. The molecule has 3 aromatic carbocycles. The van der Waals surface area contributed by atoms with Crippen molar-refractivity contribution in [2.75, 3.05) is 4.90 Å². The average molecular weight is 464 g/mol. The molecule has 0 atom stereocenters. The zero-order valence-electron chi connectivity index (χ0n) is 18.8. The number of pyridine rings is 2. The van der Waals surface area contributed by atoms with E-state index >= 15 is 0 Å². The number of hydrogen-bond donors (Lipinski definition) is 0. The number of carbonyl (C=O) groups is 1. The molecule has 0 aliphatic rings. The number of para-hydroxylation sites is 1. The number of nitrogens with zero attached hydrogens (tertiary/aromatic N) is 3. The second-order valence-corrected chi connectivity index (χ2v) is 8.17. The number of aromatic nitrogens is 2. The van der Waals surface area contributed by atoms with Gasteiger partial charge < -0.3 is 4.90 Å². The molecule has 5 nitrogen and oxygen atoms in total. The van der Waals surface area contributed by atoms with E-state index in [1.807, 2.05) is 60.7 Å². The van der Waals surface area contributed by atoms with E-state index in [-0.39, 0.29) is 12.1 Å². The summed E-state index contributed by atoms with van der Waals surface area (Å²) in [5.74, 6) is -0.853. The average Bonchev–Trinajstić information content (AvgIpc) is 2.90. The van der Waals surface area contributed by atoms with Gasteiger partial charge in [-0.1, -0.05) is 66.7 Å². The van der Waals surface area contributed by atoms with Crippen molar-refractivity contribution in [2.45, 2.75) is 13.1 Å². The number of hydrogen-bond acceptors (Lipinski definition) is 3. The van der Waals surface area contributed by atoms with E-state index in [4.69, 9.17) is 0 Å². The third-order valence-electron chi connectivity index (χ3n) is 5.86. The van der Waals surface area contributed by atoms with Gasteiger partial charge in [0.15, 0.2) is 0 Å². The first-order chi connectivity index (χ1) is 17.1. The van der Waals surface area contributed by atoms with Gasteiger partial charge in [0.05, 0.1) is 13.1 Å². The molecule has 172 valence electrons. The van der Waals surface area contributed by atoms with E-state index in [2.05, 4.69) is 4.98 Å². The molecule has 2 aromatic heterocycles. The topological polar surface area (TPSA) is 55.2 Å². The van der Waals surface area contributed by atoms with Gasteiger partial charge in [-0.25, -0.2) is 9.37 Å². The fourth-order valence-electron chi connectivity index (χ4n) is 4.10. The molecule has 0 aliphatic carbocycles. The van der Waals surface area contributed by atoms with Gasteiger partial charge in [0, 0.05) is 22.8 Å². The fraction of sp³-hybridized carbons (Fsp3) is 0.0690. The van der Waals surface area contributed by atoms with Gasteiger partial charge >= 0.3 is 0 Å². The van der Waals surface area contributed by atoms with Crippen LogP contribution in [0.3, 0.4) is 0 Å². The van der Waals surface area contributed by atoms with Gasteiger partial charge in [-0.15, -0.1) is 0 Å². The number of anilines is 1. The number of benzene rings is 3. The second-order valence-electron chi connectivity index (χ2n) is 8.17. The van der Waals surface area contributed by atoms with Crippen molar-refractivity contribution in [3.05, 3.63) is 142 Å². The van der Waals surface area contributed by atoms with Crippen LogP contribution in [0, 0.1) is 5.82 Å². The minimum Gasteiger partial charge on any atom is -0.304 e. The zero-order chi connectivity index (χ0) is 24.2. The van der Waals surface area contributed by atoms with Crippen molar-refractivity contribution in [1.29, 1.82) is 0 Å². The highest BCUT2D eigenvalue weighted by atomic mass is 19.1. The van der Waals surface area contributed by atoms with Crippen LogP contribution in [0.1, 0.15) is 21.5 Å². The molecule has 0 N–H and O–H groups in total. The van der Waals surface area contributed by atoms with Gasteiger partial charge in [0.2, 0.25) is 0 Å². The van der Waals surface area contributed by atoms with Crippen LogP contribution in [-0.2, 0) is 13.1 Å². The molecule has 0 saturated heterocycles. The largest absolute Gasteiger partial charge is 0.304 e. The molecular weight excluding hydrogens is 441 g/mol. The van der Waals surface area contributed by atoms with Crippen molar-refractivity contribution in [3.8, 4) is 0 Å². The van der Waals surface area contributed by atoms with Crippen molar-refractivity contribution < 1.29 is 9.18 Å². The molecule has 0 spiro atoms.